The van der Waals surface area contributed by atoms with Crippen molar-refractivity contribution in [2.75, 3.05) is 14.2 Å². The third-order valence-electron chi connectivity index (χ3n) is 4.48. The summed E-state index contributed by atoms with van der Waals surface area (Å²) in [5, 5.41) is 13.3. The first kappa shape index (κ1) is 19.4. The maximum absolute atomic E-state index is 11.2. The molecule has 8 heteroatoms. The molecule has 0 amide bonds. The molecule has 0 aliphatic rings. The van der Waals surface area contributed by atoms with Gasteiger partial charge < -0.3 is 20.3 Å². The minimum absolute atomic E-state index is 0.0998. The van der Waals surface area contributed by atoms with Crippen molar-refractivity contribution in [3.05, 3.63) is 60.2 Å². The first-order chi connectivity index (χ1) is 13.5. The van der Waals surface area contributed by atoms with Gasteiger partial charge in [0.1, 0.15) is 30.2 Å². The van der Waals surface area contributed by atoms with Gasteiger partial charge >= 0.3 is 5.97 Å². The van der Waals surface area contributed by atoms with Crippen molar-refractivity contribution in [3.8, 4) is 22.6 Å². The fourth-order valence-corrected chi connectivity index (χ4v) is 3.08. The zero-order valence-corrected chi connectivity index (χ0v) is 15.7. The summed E-state index contributed by atoms with van der Waals surface area (Å²) < 4.78 is 12.8. The zero-order chi connectivity index (χ0) is 20.1. The average molecular weight is 382 g/mol. The van der Waals surface area contributed by atoms with Gasteiger partial charge in [0, 0.05) is 12.0 Å². The van der Waals surface area contributed by atoms with Crippen LogP contribution in [0.1, 0.15) is 11.1 Å². The molecule has 1 heterocycles. The maximum atomic E-state index is 11.2. The van der Waals surface area contributed by atoms with Crippen LogP contribution >= 0.6 is 0 Å². The number of hydrogen-bond donors (Lipinski definition) is 2. The highest BCUT2D eigenvalue weighted by Crippen LogP contribution is 2.37. The van der Waals surface area contributed by atoms with Crippen LogP contribution < -0.4 is 15.2 Å². The molecule has 3 rings (SSSR count). The van der Waals surface area contributed by atoms with Crippen LogP contribution in [0, 0.1) is 0 Å². The van der Waals surface area contributed by atoms with Crippen molar-refractivity contribution >= 4 is 5.97 Å². The van der Waals surface area contributed by atoms with Gasteiger partial charge in [0.05, 0.1) is 20.8 Å². The molecule has 2 aromatic carbocycles. The van der Waals surface area contributed by atoms with Gasteiger partial charge in [-0.3, -0.25) is 4.79 Å². The molecule has 0 radical (unpaired) electrons. The molecular weight excluding hydrogens is 360 g/mol. The van der Waals surface area contributed by atoms with Crippen LogP contribution in [-0.4, -0.2) is 46.1 Å². The lowest BCUT2D eigenvalue weighted by molar-refractivity contribution is -0.138. The molecule has 0 aliphatic carbocycles. The number of rotatable bonds is 8. The molecular formula is C20H22N4O4. The molecule has 0 spiro atoms. The summed E-state index contributed by atoms with van der Waals surface area (Å²) in [6, 6.07) is 10.6. The van der Waals surface area contributed by atoms with E-state index in [4.69, 9.17) is 20.3 Å². The Bertz CT molecular complexity index is 932. The molecule has 3 aromatic rings. The Labute approximate surface area is 162 Å². The van der Waals surface area contributed by atoms with Gasteiger partial charge in [0.25, 0.3) is 0 Å². The van der Waals surface area contributed by atoms with Crippen molar-refractivity contribution in [1.29, 1.82) is 0 Å². The first-order valence-corrected chi connectivity index (χ1v) is 8.67. The summed E-state index contributed by atoms with van der Waals surface area (Å²) in [5.74, 6) is -0.0189. The van der Waals surface area contributed by atoms with Gasteiger partial charge in [-0.25, -0.2) is 9.67 Å². The second kappa shape index (κ2) is 8.53. The van der Waals surface area contributed by atoms with Gasteiger partial charge in [0.15, 0.2) is 0 Å². The molecule has 1 aromatic heterocycles. The van der Waals surface area contributed by atoms with Crippen molar-refractivity contribution in [1.82, 2.24) is 14.8 Å². The largest absolute Gasteiger partial charge is 0.496 e. The fraction of sp³-hybridized carbons (Fsp3) is 0.250. The van der Waals surface area contributed by atoms with Gasteiger partial charge in [-0.1, -0.05) is 24.3 Å². The molecule has 0 aliphatic heterocycles. The van der Waals surface area contributed by atoms with Crippen LogP contribution in [0.3, 0.4) is 0 Å². The Morgan fingerprint density at radius 1 is 1.21 bits per heavy atom. The summed E-state index contributed by atoms with van der Waals surface area (Å²) in [4.78, 5) is 15.1. The second-order valence-electron chi connectivity index (χ2n) is 6.26. The molecule has 146 valence electrons. The van der Waals surface area contributed by atoms with E-state index in [0.717, 1.165) is 16.7 Å². The number of benzene rings is 2. The van der Waals surface area contributed by atoms with Gasteiger partial charge in [-0.2, -0.15) is 5.10 Å². The fourth-order valence-electron chi connectivity index (χ4n) is 3.08. The monoisotopic (exact) mass is 382 g/mol. The molecule has 0 saturated heterocycles. The number of aliphatic carboxylic acids is 1. The quantitative estimate of drug-likeness (QED) is 0.612. The number of ether oxygens (including phenoxy) is 2. The summed E-state index contributed by atoms with van der Waals surface area (Å²) >= 11 is 0. The molecule has 1 atom stereocenters. The standard InChI is InChI=1S/C20H22N4O4/c1-27-18-7-14(8-19(28-2)16(18)9-17(21)20(25)26)15-6-4-3-5-13(15)10-24-12-22-11-23-24/h3-8,11-12,17H,9-10,21H2,1-2H3,(H,25,26)/t17-/m0/s1. The first-order valence-electron chi connectivity index (χ1n) is 8.67. The Hall–Kier alpha value is -3.39. The SMILES string of the molecule is COc1cc(-c2ccccc2Cn2cncn2)cc(OC)c1C[C@H](N)C(=O)O. The van der Waals surface area contributed by atoms with Crippen molar-refractivity contribution in [2.24, 2.45) is 5.73 Å². The highest BCUT2D eigenvalue weighted by Gasteiger charge is 2.20. The number of carbonyl (C=O) groups is 1. The Morgan fingerprint density at radius 2 is 1.89 bits per heavy atom. The lowest BCUT2D eigenvalue weighted by atomic mass is 9.95. The van der Waals surface area contributed by atoms with Gasteiger partial charge in [-0.05, 0) is 28.8 Å². The molecule has 0 saturated carbocycles. The number of methoxy groups -OCH3 is 2. The van der Waals surface area contributed by atoms with E-state index in [0.29, 0.717) is 23.6 Å². The van der Waals surface area contributed by atoms with Crippen LogP contribution in [0.15, 0.2) is 49.1 Å². The lowest BCUT2D eigenvalue weighted by Crippen LogP contribution is -2.32. The van der Waals surface area contributed by atoms with Crippen LogP contribution in [0.5, 0.6) is 11.5 Å². The highest BCUT2D eigenvalue weighted by molar-refractivity contribution is 5.75. The summed E-state index contributed by atoms with van der Waals surface area (Å²) in [7, 11) is 3.07. The maximum Gasteiger partial charge on any atom is 0.320 e. The second-order valence-corrected chi connectivity index (χ2v) is 6.26. The smallest absolute Gasteiger partial charge is 0.320 e. The predicted octanol–water partition coefficient (Wildman–Crippen LogP) is 1.96. The molecule has 3 N–H and O–H groups in total. The van der Waals surface area contributed by atoms with Gasteiger partial charge in [-0.15, -0.1) is 0 Å². The molecule has 28 heavy (non-hydrogen) atoms. The molecule has 0 fully saturated rings. The van der Waals surface area contributed by atoms with Crippen molar-refractivity contribution in [3.63, 3.8) is 0 Å². The van der Waals surface area contributed by atoms with Crippen LogP contribution in [0.2, 0.25) is 0 Å². The minimum Gasteiger partial charge on any atom is -0.496 e. The van der Waals surface area contributed by atoms with E-state index in [1.807, 2.05) is 36.4 Å². The number of nitrogens with two attached hydrogens (primary N) is 1. The van der Waals surface area contributed by atoms with E-state index < -0.39 is 12.0 Å². The summed E-state index contributed by atoms with van der Waals surface area (Å²) in [6.45, 7) is 0.562. The van der Waals surface area contributed by atoms with Crippen LogP contribution in [-0.2, 0) is 17.8 Å². The van der Waals surface area contributed by atoms with Gasteiger partial charge in [0.2, 0.25) is 0 Å². The number of hydrogen-bond acceptors (Lipinski definition) is 6. The van der Waals surface area contributed by atoms with E-state index in [9.17, 15) is 4.79 Å². The van der Waals surface area contributed by atoms with Crippen LogP contribution in [0.4, 0.5) is 0 Å². The van der Waals surface area contributed by atoms with E-state index >= 15 is 0 Å². The minimum atomic E-state index is -1.08. The van der Waals surface area contributed by atoms with E-state index in [1.165, 1.54) is 20.5 Å². The topological polar surface area (TPSA) is 112 Å². The summed E-state index contributed by atoms with van der Waals surface area (Å²) in [6.07, 6.45) is 3.26. The lowest BCUT2D eigenvalue weighted by Gasteiger charge is -2.18. The number of nitrogens with zero attached hydrogens (tertiary/aromatic N) is 3. The molecule has 0 bridgehead atoms. The van der Waals surface area contributed by atoms with Crippen LogP contribution in [0.25, 0.3) is 11.1 Å². The Kier molecular flexibility index (Phi) is 5.90. The third kappa shape index (κ3) is 4.12. The predicted molar refractivity (Wildman–Crippen MR) is 103 cm³/mol. The third-order valence-corrected chi connectivity index (χ3v) is 4.48. The normalized spacial score (nSPS) is 11.8. The number of carboxylic acids is 1. The Balaban J connectivity index is 2.05. The number of carboxylic acid groups (broad SMARTS) is 1. The van der Waals surface area contributed by atoms with E-state index in [2.05, 4.69) is 10.1 Å². The van der Waals surface area contributed by atoms with Crippen molar-refractivity contribution < 1.29 is 19.4 Å². The molecule has 8 nitrogen and oxygen atoms in total. The Morgan fingerprint density at radius 3 is 2.46 bits per heavy atom. The average Bonchev–Trinajstić information content (AvgIpc) is 3.21. The molecule has 0 unspecified atom stereocenters. The highest BCUT2D eigenvalue weighted by atomic mass is 16.5. The van der Waals surface area contributed by atoms with E-state index in [-0.39, 0.29) is 6.42 Å². The zero-order valence-electron chi connectivity index (χ0n) is 15.7. The number of aromatic nitrogens is 3. The van der Waals surface area contributed by atoms with E-state index in [1.54, 1.807) is 11.0 Å². The van der Waals surface area contributed by atoms with Crippen molar-refractivity contribution in [2.45, 2.75) is 19.0 Å². The summed E-state index contributed by atoms with van der Waals surface area (Å²) in [5.41, 5.74) is 9.26.